The first kappa shape index (κ1) is 16.5. The van der Waals surface area contributed by atoms with Gasteiger partial charge in [0.1, 0.15) is 15.7 Å². The van der Waals surface area contributed by atoms with E-state index in [0.29, 0.717) is 9.90 Å². The molecule has 0 amide bonds. The molecule has 4 rings (SSSR count). The molecule has 0 unspecified atom stereocenters. The lowest BCUT2D eigenvalue weighted by atomic mass is 10.1. The van der Waals surface area contributed by atoms with Crippen LogP contribution in [0.5, 0.6) is 0 Å². The highest BCUT2D eigenvalue weighted by Gasteiger charge is 2.41. The van der Waals surface area contributed by atoms with E-state index in [9.17, 15) is 8.42 Å². The van der Waals surface area contributed by atoms with Gasteiger partial charge in [-0.15, -0.1) is 11.3 Å². The second kappa shape index (κ2) is 6.40. The molecule has 0 saturated heterocycles. The molecule has 7 heteroatoms. The number of nitrogens with one attached hydrogen (secondary N) is 1. The number of rotatable bonds is 6. The second-order valence-electron chi connectivity index (χ2n) is 6.13. The van der Waals surface area contributed by atoms with Gasteiger partial charge < -0.3 is 4.52 Å². The molecule has 130 valence electrons. The highest BCUT2D eigenvalue weighted by molar-refractivity contribution is 7.91. The number of thiophene rings is 1. The number of hydrogen-bond acceptors (Lipinski definition) is 5. The summed E-state index contributed by atoms with van der Waals surface area (Å²) in [6, 6.07) is 15.2. The molecular weight excluding hydrogens is 356 g/mol. The van der Waals surface area contributed by atoms with Crippen molar-refractivity contribution < 1.29 is 12.9 Å². The first-order valence-electron chi connectivity index (χ1n) is 8.20. The number of aryl methyl sites for hydroxylation is 1. The normalized spacial score (nSPS) is 19.9. The van der Waals surface area contributed by atoms with Gasteiger partial charge in [0, 0.05) is 24.4 Å². The fourth-order valence-corrected chi connectivity index (χ4v) is 5.41. The van der Waals surface area contributed by atoms with Crippen LogP contribution in [0, 0.1) is 0 Å². The van der Waals surface area contributed by atoms with Gasteiger partial charge in [-0.1, -0.05) is 42.4 Å². The van der Waals surface area contributed by atoms with E-state index in [0.717, 1.165) is 23.5 Å². The molecule has 1 aliphatic carbocycles. The van der Waals surface area contributed by atoms with Crippen molar-refractivity contribution in [3.05, 3.63) is 59.9 Å². The quantitative estimate of drug-likeness (QED) is 0.712. The van der Waals surface area contributed by atoms with E-state index >= 15 is 0 Å². The van der Waals surface area contributed by atoms with Gasteiger partial charge in [-0.3, -0.25) is 0 Å². The zero-order valence-electron chi connectivity index (χ0n) is 13.7. The van der Waals surface area contributed by atoms with Crippen LogP contribution in [-0.4, -0.2) is 19.6 Å². The molecule has 1 fully saturated rings. The van der Waals surface area contributed by atoms with Crippen LogP contribution in [0.3, 0.4) is 0 Å². The Morgan fingerprint density at radius 3 is 2.76 bits per heavy atom. The van der Waals surface area contributed by atoms with Crippen LogP contribution in [0.2, 0.25) is 0 Å². The van der Waals surface area contributed by atoms with Gasteiger partial charge in [0.05, 0.1) is 4.88 Å². The summed E-state index contributed by atoms with van der Waals surface area (Å²) in [7, 11) is -3.51. The average Bonchev–Trinajstić information content (AvgIpc) is 3.05. The highest BCUT2D eigenvalue weighted by atomic mass is 32.2. The Kier molecular flexibility index (Phi) is 4.23. The Bertz CT molecular complexity index is 977. The van der Waals surface area contributed by atoms with E-state index in [-0.39, 0.29) is 12.0 Å². The zero-order valence-corrected chi connectivity index (χ0v) is 15.3. The lowest BCUT2D eigenvalue weighted by Crippen LogP contribution is -2.26. The van der Waals surface area contributed by atoms with Crippen LogP contribution in [0.1, 0.15) is 30.6 Å². The van der Waals surface area contributed by atoms with E-state index < -0.39 is 10.0 Å². The summed E-state index contributed by atoms with van der Waals surface area (Å²) in [5, 5.41) is 4.00. The third-order valence-corrected chi connectivity index (χ3v) is 7.42. The molecule has 0 aliphatic heterocycles. The molecule has 2 aromatic heterocycles. The molecule has 1 N–H and O–H groups in total. The lowest BCUT2D eigenvalue weighted by Gasteiger charge is -2.04. The van der Waals surface area contributed by atoms with Crippen molar-refractivity contribution in [3.63, 3.8) is 0 Å². The van der Waals surface area contributed by atoms with Crippen molar-refractivity contribution in [1.82, 2.24) is 9.88 Å². The molecule has 0 radical (unpaired) electrons. The van der Waals surface area contributed by atoms with Gasteiger partial charge >= 0.3 is 0 Å². The van der Waals surface area contributed by atoms with Crippen molar-refractivity contribution in [1.29, 1.82) is 0 Å². The third kappa shape index (κ3) is 3.40. The largest absolute Gasteiger partial charge is 0.361 e. The number of hydrogen-bond donors (Lipinski definition) is 1. The minimum Gasteiger partial charge on any atom is -0.361 e. The van der Waals surface area contributed by atoms with Crippen molar-refractivity contribution in [3.8, 4) is 10.6 Å². The van der Waals surface area contributed by atoms with Gasteiger partial charge in [-0.25, -0.2) is 13.1 Å². The van der Waals surface area contributed by atoms with Crippen LogP contribution in [0.25, 0.3) is 10.6 Å². The number of sulfonamides is 1. The smallest absolute Gasteiger partial charge is 0.250 e. The molecule has 0 bridgehead atoms. The Morgan fingerprint density at radius 2 is 2.04 bits per heavy atom. The number of aromatic nitrogens is 1. The van der Waals surface area contributed by atoms with Crippen molar-refractivity contribution >= 4 is 21.4 Å². The summed E-state index contributed by atoms with van der Waals surface area (Å²) < 4.78 is 33.6. The first-order valence-corrected chi connectivity index (χ1v) is 10.5. The maximum absolute atomic E-state index is 12.6. The van der Waals surface area contributed by atoms with Gasteiger partial charge in [0.25, 0.3) is 0 Å². The standard InChI is InChI=1S/C18H18N2O3S2/c1-2-13-10-16(19-23-13)17-8-9-18(24-17)25(21,22)20-15-11-14(15)12-6-4-3-5-7-12/h3-10,14-15,20H,2,11H2,1H3/t14-,15+/m1/s1. The maximum Gasteiger partial charge on any atom is 0.250 e. The summed E-state index contributed by atoms with van der Waals surface area (Å²) in [5.41, 5.74) is 1.86. The molecule has 2 heterocycles. The van der Waals surface area contributed by atoms with Crippen molar-refractivity contribution in [2.45, 2.75) is 35.9 Å². The van der Waals surface area contributed by atoms with Crippen molar-refractivity contribution in [2.24, 2.45) is 0 Å². The molecule has 0 spiro atoms. The molecule has 1 aliphatic rings. The predicted octanol–water partition coefficient (Wildman–Crippen LogP) is 3.80. The summed E-state index contributed by atoms with van der Waals surface area (Å²) in [5.74, 6) is 1.05. The van der Waals surface area contributed by atoms with Crippen LogP contribution < -0.4 is 4.72 Å². The van der Waals surface area contributed by atoms with E-state index in [1.807, 2.05) is 43.3 Å². The Morgan fingerprint density at radius 1 is 1.24 bits per heavy atom. The molecular formula is C18H18N2O3S2. The highest BCUT2D eigenvalue weighted by Crippen LogP contribution is 2.42. The van der Waals surface area contributed by atoms with Gasteiger partial charge in [0.2, 0.25) is 10.0 Å². The Labute approximate surface area is 150 Å². The van der Waals surface area contributed by atoms with Gasteiger partial charge in [0.15, 0.2) is 0 Å². The van der Waals surface area contributed by atoms with Crippen LogP contribution in [0.4, 0.5) is 0 Å². The molecule has 5 nitrogen and oxygen atoms in total. The first-order chi connectivity index (χ1) is 12.1. The minimum atomic E-state index is -3.51. The third-order valence-electron chi connectivity index (χ3n) is 4.33. The Balaban J connectivity index is 1.48. The van der Waals surface area contributed by atoms with E-state index in [1.54, 1.807) is 12.1 Å². The predicted molar refractivity (Wildman–Crippen MR) is 97.1 cm³/mol. The summed E-state index contributed by atoms with van der Waals surface area (Å²) in [4.78, 5) is 0.791. The number of nitrogens with zero attached hydrogens (tertiary/aromatic N) is 1. The van der Waals surface area contributed by atoms with E-state index in [4.69, 9.17) is 4.52 Å². The monoisotopic (exact) mass is 374 g/mol. The molecule has 2 atom stereocenters. The van der Waals surface area contributed by atoms with Crippen LogP contribution in [-0.2, 0) is 16.4 Å². The molecule has 1 aromatic carbocycles. The van der Waals surface area contributed by atoms with E-state index in [2.05, 4.69) is 9.88 Å². The van der Waals surface area contributed by atoms with Gasteiger partial charge in [-0.05, 0) is 24.1 Å². The zero-order chi connectivity index (χ0) is 17.4. The summed E-state index contributed by atoms with van der Waals surface area (Å²) >= 11 is 1.21. The Hall–Kier alpha value is -1.96. The fourth-order valence-electron chi connectivity index (χ4n) is 2.85. The lowest BCUT2D eigenvalue weighted by molar-refractivity contribution is 0.389. The molecule has 3 aromatic rings. The minimum absolute atomic E-state index is 0.0308. The topological polar surface area (TPSA) is 72.2 Å². The second-order valence-corrected chi connectivity index (χ2v) is 9.16. The van der Waals surface area contributed by atoms with Crippen molar-refractivity contribution in [2.75, 3.05) is 0 Å². The maximum atomic E-state index is 12.6. The molecule has 25 heavy (non-hydrogen) atoms. The summed E-state index contributed by atoms with van der Waals surface area (Å²) in [6.45, 7) is 1.98. The van der Waals surface area contributed by atoms with E-state index in [1.165, 1.54) is 16.9 Å². The fraction of sp³-hybridized carbons (Fsp3) is 0.278. The number of benzene rings is 1. The average molecular weight is 374 g/mol. The summed E-state index contributed by atoms with van der Waals surface area (Å²) in [6.07, 6.45) is 1.60. The molecule has 1 saturated carbocycles. The van der Waals surface area contributed by atoms with Crippen LogP contribution >= 0.6 is 11.3 Å². The SMILES string of the molecule is CCc1cc(-c2ccc(S(=O)(=O)N[C@H]3C[C@@H]3c3ccccc3)s2)no1. The van der Waals surface area contributed by atoms with Gasteiger partial charge in [-0.2, -0.15) is 0 Å². The van der Waals surface area contributed by atoms with Crippen LogP contribution in [0.15, 0.2) is 57.3 Å².